The number of hydrogen-bond acceptors (Lipinski definition) is 5. The van der Waals surface area contributed by atoms with E-state index in [1.807, 2.05) is 0 Å². The maximum absolute atomic E-state index is 8.25. The summed E-state index contributed by atoms with van der Waals surface area (Å²) in [5, 5.41) is 12.2. The van der Waals surface area contributed by atoms with Gasteiger partial charge >= 0.3 is 0 Å². The molecular formula is C14H16N6. The third-order valence-electron chi connectivity index (χ3n) is 2.82. The molecule has 0 saturated heterocycles. The number of benzene rings is 1. The highest BCUT2D eigenvalue weighted by Crippen LogP contribution is 2.18. The molecule has 102 valence electrons. The molecule has 0 bridgehead atoms. The van der Waals surface area contributed by atoms with Crippen molar-refractivity contribution >= 4 is 17.2 Å². The average Bonchev–Trinajstić information content (AvgIpc) is 2.48. The zero-order valence-corrected chi connectivity index (χ0v) is 11.1. The minimum absolute atomic E-state index is 0.323. The van der Waals surface area contributed by atoms with E-state index in [2.05, 4.69) is 15.5 Å². The predicted octanol–water partition coefficient (Wildman–Crippen LogP) is 0.920. The number of hydrazone groups is 1. The van der Waals surface area contributed by atoms with Gasteiger partial charge in [-0.3, -0.25) is 10.4 Å². The Balaban J connectivity index is 2.44. The van der Waals surface area contributed by atoms with E-state index in [-0.39, 0.29) is 0 Å². The molecule has 0 aliphatic heterocycles. The molecule has 0 amide bonds. The van der Waals surface area contributed by atoms with Gasteiger partial charge in [-0.05, 0) is 30.3 Å². The largest absolute Gasteiger partial charge is 0.398 e. The van der Waals surface area contributed by atoms with Crippen LogP contribution < -0.4 is 16.9 Å². The van der Waals surface area contributed by atoms with Gasteiger partial charge in [0.1, 0.15) is 0 Å². The van der Waals surface area contributed by atoms with Gasteiger partial charge in [-0.2, -0.15) is 5.10 Å². The van der Waals surface area contributed by atoms with Crippen LogP contribution in [0, 0.1) is 5.41 Å². The maximum Gasteiger partial charge on any atom is 0.150 e. The Morgan fingerprint density at radius 1 is 1.20 bits per heavy atom. The second-order valence-corrected chi connectivity index (χ2v) is 4.13. The summed E-state index contributed by atoms with van der Waals surface area (Å²) in [5.41, 5.74) is 17.3. The summed E-state index contributed by atoms with van der Waals surface area (Å²) in [5.74, 6) is 0.344. The van der Waals surface area contributed by atoms with Gasteiger partial charge in [0, 0.05) is 41.8 Å². The first-order valence-corrected chi connectivity index (χ1v) is 6.02. The first-order valence-electron chi connectivity index (χ1n) is 6.02. The lowest BCUT2D eigenvalue weighted by Gasteiger charge is -2.10. The Hall–Kier alpha value is -2.89. The zero-order valence-electron chi connectivity index (χ0n) is 11.1. The van der Waals surface area contributed by atoms with E-state index in [1.165, 1.54) is 0 Å². The molecule has 1 heterocycles. The van der Waals surface area contributed by atoms with Gasteiger partial charge in [0.15, 0.2) is 5.84 Å². The number of nitrogens with zero attached hydrogens (tertiary/aromatic N) is 2. The molecule has 0 atom stereocenters. The average molecular weight is 268 g/mol. The minimum Gasteiger partial charge on any atom is -0.398 e. The number of anilines is 1. The highest BCUT2D eigenvalue weighted by Gasteiger charge is 2.10. The Morgan fingerprint density at radius 2 is 1.90 bits per heavy atom. The number of nitrogens with one attached hydrogen (secondary N) is 2. The molecule has 0 fully saturated rings. The van der Waals surface area contributed by atoms with Crippen molar-refractivity contribution < 1.29 is 0 Å². The Morgan fingerprint density at radius 3 is 2.55 bits per heavy atom. The Labute approximate surface area is 117 Å². The van der Waals surface area contributed by atoms with Gasteiger partial charge in [0.25, 0.3) is 0 Å². The number of hydrogen-bond donors (Lipinski definition) is 4. The lowest BCUT2D eigenvalue weighted by Crippen LogP contribution is -2.18. The molecule has 0 spiro atoms. The molecule has 2 aromatic rings. The summed E-state index contributed by atoms with van der Waals surface area (Å²) in [6, 6.07) is 8.78. The molecule has 6 heteroatoms. The summed E-state index contributed by atoms with van der Waals surface area (Å²) in [7, 11) is 1.67. The van der Waals surface area contributed by atoms with Crippen LogP contribution in [0.4, 0.5) is 5.69 Å². The van der Waals surface area contributed by atoms with E-state index in [0.717, 1.165) is 5.56 Å². The molecule has 1 aromatic carbocycles. The van der Waals surface area contributed by atoms with Crippen molar-refractivity contribution in [1.82, 2.24) is 10.4 Å². The van der Waals surface area contributed by atoms with Crippen molar-refractivity contribution in [3.8, 4) is 0 Å². The van der Waals surface area contributed by atoms with Gasteiger partial charge in [0.05, 0.1) is 5.71 Å². The molecule has 0 radical (unpaired) electrons. The van der Waals surface area contributed by atoms with Crippen molar-refractivity contribution in [2.75, 3.05) is 12.8 Å². The number of rotatable bonds is 4. The van der Waals surface area contributed by atoms with Gasteiger partial charge in [0.2, 0.25) is 0 Å². The molecule has 0 saturated carbocycles. The molecule has 1 aromatic heterocycles. The molecular weight excluding hydrogens is 252 g/mol. The van der Waals surface area contributed by atoms with Gasteiger partial charge in [-0.25, -0.2) is 0 Å². The number of amidine groups is 1. The normalized spacial score (nSPS) is 11.2. The van der Waals surface area contributed by atoms with Crippen molar-refractivity contribution in [3.05, 3.63) is 59.4 Å². The summed E-state index contributed by atoms with van der Waals surface area (Å²) < 4.78 is 0. The summed E-state index contributed by atoms with van der Waals surface area (Å²) in [4.78, 5) is 3.94. The number of nitrogen functional groups attached to an aromatic ring is 1. The summed E-state index contributed by atoms with van der Waals surface area (Å²) in [6.07, 6.45) is 3.28. The molecule has 0 aliphatic carbocycles. The maximum atomic E-state index is 8.25. The minimum atomic E-state index is 0.323. The van der Waals surface area contributed by atoms with E-state index in [9.17, 15) is 0 Å². The third-order valence-corrected chi connectivity index (χ3v) is 2.82. The van der Waals surface area contributed by atoms with E-state index < -0.39 is 0 Å². The van der Waals surface area contributed by atoms with Gasteiger partial charge in [-0.15, -0.1) is 0 Å². The van der Waals surface area contributed by atoms with E-state index in [1.54, 1.807) is 49.8 Å². The van der Waals surface area contributed by atoms with Gasteiger partial charge in [-0.1, -0.05) is 0 Å². The molecule has 6 N–H and O–H groups in total. The first kappa shape index (κ1) is 13.5. The van der Waals surface area contributed by atoms with Crippen LogP contribution >= 0.6 is 0 Å². The SMILES string of the molecule is CN/N=C(\N)c1ccc(N)c(C(=N)c2ccncc2)c1. The second-order valence-electron chi connectivity index (χ2n) is 4.13. The monoisotopic (exact) mass is 268 g/mol. The fourth-order valence-corrected chi connectivity index (χ4v) is 1.79. The van der Waals surface area contributed by atoms with Crippen LogP contribution in [0.25, 0.3) is 0 Å². The Bertz CT molecular complexity index is 648. The molecule has 20 heavy (non-hydrogen) atoms. The number of nitrogens with two attached hydrogens (primary N) is 2. The highest BCUT2D eigenvalue weighted by molar-refractivity contribution is 6.15. The Kier molecular flexibility index (Phi) is 3.95. The third kappa shape index (κ3) is 2.74. The number of pyridine rings is 1. The van der Waals surface area contributed by atoms with Gasteiger partial charge < -0.3 is 16.9 Å². The van der Waals surface area contributed by atoms with E-state index in [4.69, 9.17) is 16.9 Å². The second kappa shape index (κ2) is 5.83. The van der Waals surface area contributed by atoms with Crippen molar-refractivity contribution in [1.29, 1.82) is 5.41 Å². The fourth-order valence-electron chi connectivity index (χ4n) is 1.79. The van der Waals surface area contributed by atoms with Crippen LogP contribution in [0.5, 0.6) is 0 Å². The smallest absolute Gasteiger partial charge is 0.150 e. The van der Waals surface area contributed by atoms with Crippen molar-refractivity contribution in [2.24, 2.45) is 10.8 Å². The van der Waals surface area contributed by atoms with Crippen LogP contribution in [0.2, 0.25) is 0 Å². The topological polar surface area (TPSA) is 113 Å². The van der Waals surface area contributed by atoms with E-state index >= 15 is 0 Å². The standard InChI is InChI=1S/C14H16N6/c1-18-20-14(17)10-2-3-12(15)11(8-10)13(16)9-4-6-19-7-5-9/h2-8,16,18H,15H2,1H3,(H2,17,20). The summed E-state index contributed by atoms with van der Waals surface area (Å²) in [6.45, 7) is 0. The lowest BCUT2D eigenvalue weighted by molar-refractivity contribution is 0.898. The fraction of sp³-hybridized carbons (Fsp3) is 0.0714. The first-order chi connectivity index (χ1) is 9.63. The van der Waals surface area contributed by atoms with Crippen LogP contribution in [0.3, 0.4) is 0 Å². The zero-order chi connectivity index (χ0) is 14.5. The van der Waals surface area contributed by atoms with E-state index in [0.29, 0.717) is 28.4 Å². The van der Waals surface area contributed by atoms with Crippen molar-refractivity contribution in [2.45, 2.75) is 0 Å². The highest BCUT2D eigenvalue weighted by atomic mass is 15.3. The van der Waals surface area contributed by atoms with Crippen LogP contribution in [0.15, 0.2) is 47.8 Å². The molecule has 2 rings (SSSR count). The van der Waals surface area contributed by atoms with Crippen LogP contribution in [0.1, 0.15) is 16.7 Å². The molecule has 0 aliphatic rings. The van der Waals surface area contributed by atoms with Crippen LogP contribution in [-0.2, 0) is 0 Å². The van der Waals surface area contributed by atoms with Crippen LogP contribution in [-0.4, -0.2) is 23.6 Å². The molecule has 0 unspecified atom stereocenters. The van der Waals surface area contributed by atoms with Crippen molar-refractivity contribution in [3.63, 3.8) is 0 Å². The quantitative estimate of drug-likeness (QED) is 0.286. The predicted molar refractivity (Wildman–Crippen MR) is 80.8 cm³/mol. The summed E-state index contributed by atoms with van der Waals surface area (Å²) >= 11 is 0. The number of aromatic nitrogens is 1. The lowest BCUT2D eigenvalue weighted by atomic mass is 9.99. The molecule has 6 nitrogen and oxygen atoms in total.